The summed E-state index contributed by atoms with van der Waals surface area (Å²) in [5.74, 6) is 0.731. The molecule has 21 heavy (non-hydrogen) atoms. The second kappa shape index (κ2) is 6.68. The summed E-state index contributed by atoms with van der Waals surface area (Å²) in [5.41, 5.74) is 4.01. The summed E-state index contributed by atoms with van der Waals surface area (Å²) in [4.78, 5) is 6.65. The molecule has 2 aromatic rings. The number of hydrogen-bond acceptors (Lipinski definition) is 3. The lowest BCUT2D eigenvalue weighted by Gasteiger charge is -2.23. The Kier molecular flexibility index (Phi) is 4.91. The molecule has 1 heterocycles. The minimum absolute atomic E-state index is 0.177. The van der Waals surface area contributed by atoms with E-state index in [2.05, 4.69) is 23.3 Å². The van der Waals surface area contributed by atoms with Gasteiger partial charge in [-0.2, -0.15) is 0 Å². The Hall–Kier alpha value is -1.94. The Labute approximate surface area is 125 Å². The van der Waals surface area contributed by atoms with Gasteiger partial charge in [-0.05, 0) is 38.6 Å². The van der Waals surface area contributed by atoms with E-state index in [-0.39, 0.29) is 5.82 Å². The van der Waals surface area contributed by atoms with Crippen molar-refractivity contribution < 1.29 is 4.39 Å². The van der Waals surface area contributed by atoms with Crippen LogP contribution in [0.1, 0.15) is 22.4 Å². The van der Waals surface area contributed by atoms with Crippen molar-refractivity contribution in [3.05, 3.63) is 58.5 Å². The molecule has 3 nitrogen and oxygen atoms in total. The molecule has 0 aliphatic rings. The van der Waals surface area contributed by atoms with Gasteiger partial charge in [0, 0.05) is 37.0 Å². The fraction of sp³-hybridized carbons (Fsp3) is 0.353. The van der Waals surface area contributed by atoms with E-state index in [0.717, 1.165) is 23.6 Å². The Balaban J connectivity index is 2.34. The minimum Gasteiger partial charge on any atom is -0.355 e. The van der Waals surface area contributed by atoms with Gasteiger partial charge in [0.05, 0.1) is 0 Å². The van der Waals surface area contributed by atoms with Gasteiger partial charge in [0.25, 0.3) is 0 Å². The molecule has 1 aromatic carbocycles. The van der Waals surface area contributed by atoms with E-state index in [4.69, 9.17) is 0 Å². The molecule has 1 aromatic heterocycles. The third kappa shape index (κ3) is 3.58. The van der Waals surface area contributed by atoms with Crippen LogP contribution in [0.2, 0.25) is 0 Å². The standard InChI is InChI=1S/C17H22FN3/c1-12-9-13(2)20-17(15(12)10-19-3)21(4)11-14-7-5-6-8-16(14)18/h5-9,19H,10-11H2,1-4H3. The van der Waals surface area contributed by atoms with Gasteiger partial charge in [0.15, 0.2) is 0 Å². The first-order chi connectivity index (χ1) is 10.0. The molecular formula is C17H22FN3. The molecule has 0 spiro atoms. The van der Waals surface area contributed by atoms with E-state index >= 15 is 0 Å². The number of aryl methyl sites for hydroxylation is 2. The number of nitrogens with one attached hydrogen (secondary N) is 1. The van der Waals surface area contributed by atoms with Crippen LogP contribution in [0, 0.1) is 19.7 Å². The van der Waals surface area contributed by atoms with Crippen molar-refractivity contribution in [3.63, 3.8) is 0 Å². The first-order valence-electron chi connectivity index (χ1n) is 7.09. The first-order valence-corrected chi connectivity index (χ1v) is 7.09. The molecular weight excluding hydrogens is 265 g/mol. The predicted molar refractivity (Wildman–Crippen MR) is 85.0 cm³/mol. The number of nitrogens with zero attached hydrogens (tertiary/aromatic N) is 2. The van der Waals surface area contributed by atoms with Crippen LogP contribution >= 0.6 is 0 Å². The Morgan fingerprint density at radius 1 is 1.24 bits per heavy atom. The molecule has 0 unspecified atom stereocenters. The SMILES string of the molecule is CNCc1c(C)cc(C)nc1N(C)Cc1ccccc1F. The summed E-state index contributed by atoms with van der Waals surface area (Å²) < 4.78 is 13.8. The van der Waals surface area contributed by atoms with Gasteiger partial charge in [0.2, 0.25) is 0 Å². The third-order valence-electron chi connectivity index (χ3n) is 3.53. The van der Waals surface area contributed by atoms with Gasteiger partial charge in [0.1, 0.15) is 11.6 Å². The van der Waals surface area contributed by atoms with E-state index in [0.29, 0.717) is 12.1 Å². The van der Waals surface area contributed by atoms with E-state index in [1.807, 2.05) is 38.1 Å². The molecule has 2 rings (SSSR count). The van der Waals surface area contributed by atoms with Crippen LogP contribution in [-0.2, 0) is 13.1 Å². The Morgan fingerprint density at radius 2 is 1.95 bits per heavy atom. The maximum Gasteiger partial charge on any atom is 0.133 e. The first kappa shape index (κ1) is 15.4. The highest BCUT2D eigenvalue weighted by Gasteiger charge is 2.14. The van der Waals surface area contributed by atoms with Crippen molar-refractivity contribution in [2.75, 3.05) is 19.0 Å². The molecule has 0 aliphatic carbocycles. The highest BCUT2D eigenvalue weighted by atomic mass is 19.1. The van der Waals surface area contributed by atoms with Crippen LogP contribution in [0.3, 0.4) is 0 Å². The normalized spacial score (nSPS) is 10.7. The Morgan fingerprint density at radius 3 is 2.62 bits per heavy atom. The fourth-order valence-electron chi connectivity index (χ4n) is 2.51. The largest absolute Gasteiger partial charge is 0.355 e. The number of benzene rings is 1. The van der Waals surface area contributed by atoms with Crippen molar-refractivity contribution in [2.45, 2.75) is 26.9 Å². The molecule has 4 heteroatoms. The number of pyridine rings is 1. The number of rotatable bonds is 5. The average molecular weight is 287 g/mol. The lowest BCUT2D eigenvalue weighted by molar-refractivity contribution is 0.607. The third-order valence-corrected chi connectivity index (χ3v) is 3.53. The minimum atomic E-state index is -0.177. The zero-order valence-corrected chi connectivity index (χ0v) is 13.1. The van der Waals surface area contributed by atoms with Gasteiger partial charge < -0.3 is 10.2 Å². The fourth-order valence-corrected chi connectivity index (χ4v) is 2.51. The molecule has 112 valence electrons. The number of hydrogen-bond donors (Lipinski definition) is 1. The summed E-state index contributed by atoms with van der Waals surface area (Å²) in [6.45, 7) is 5.31. The van der Waals surface area contributed by atoms with Crippen LogP contribution in [-0.4, -0.2) is 19.1 Å². The van der Waals surface area contributed by atoms with Gasteiger partial charge >= 0.3 is 0 Å². The maximum absolute atomic E-state index is 13.8. The second-order valence-electron chi connectivity index (χ2n) is 5.36. The molecule has 0 atom stereocenters. The van der Waals surface area contributed by atoms with E-state index in [1.165, 1.54) is 11.6 Å². The summed E-state index contributed by atoms with van der Waals surface area (Å²) in [5, 5.41) is 3.17. The molecule has 0 fully saturated rings. The van der Waals surface area contributed by atoms with Gasteiger partial charge in [-0.1, -0.05) is 18.2 Å². The highest BCUT2D eigenvalue weighted by molar-refractivity contribution is 5.51. The lowest BCUT2D eigenvalue weighted by atomic mass is 10.1. The molecule has 0 radical (unpaired) electrons. The van der Waals surface area contributed by atoms with Gasteiger partial charge in [-0.25, -0.2) is 9.37 Å². The summed E-state index contributed by atoms with van der Waals surface area (Å²) in [6.07, 6.45) is 0. The van der Waals surface area contributed by atoms with Crippen LogP contribution in [0.15, 0.2) is 30.3 Å². The van der Waals surface area contributed by atoms with Crippen molar-refractivity contribution in [2.24, 2.45) is 0 Å². The zero-order valence-electron chi connectivity index (χ0n) is 13.1. The van der Waals surface area contributed by atoms with E-state index in [1.54, 1.807) is 6.07 Å². The zero-order chi connectivity index (χ0) is 15.4. The molecule has 0 saturated carbocycles. The maximum atomic E-state index is 13.8. The lowest BCUT2D eigenvalue weighted by Crippen LogP contribution is -2.22. The summed E-state index contributed by atoms with van der Waals surface area (Å²) in [7, 11) is 3.87. The van der Waals surface area contributed by atoms with Gasteiger partial charge in [-0.3, -0.25) is 0 Å². The van der Waals surface area contributed by atoms with E-state index < -0.39 is 0 Å². The topological polar surface area (TPSA) is 28.2 Å². The Bertz CT molecular complexity index is 625. The summed E-state index contributed by atoms with van der Waals surface area (Å²) >= 11 is 0. The predicted octanol–water partition coefficient (Wildman–Crippen LogP) is 3.19. The van der Waals surface area contributed by atoms with Crippen molar-refractivity contribution in [3.8, 4) is 0 Å². The van der Waals surface area contributed by atoms with Crippen LogP contribution in [0.5, 0.6) is 0 Å². The number of aromatic nitrogens is 1. The number of anilines is 1. The monoisotopic (exact) mass is 287 g/mol. The van der Waals surface area contributed by atoms with Crippen LogP contribution in [0.4, 0.5) is 10.2 Å². The van der Waals surface area contributed by atoms with Crippen molar-refractivity contribution >= 4 is 5.82 Å². The smallest absolute Gasteiger partial charge is 0.133 e. The molecule has 1 N–H and O–H groups in total. The average Bonchev–Trinajstić information content (AvgIpc) is 2.44. The molecule has 0 saturated heterocycles. The molecule has 0 aliphatic heterocycles. The molecule has 0 bridgehead atoms. The van der Waals surface area contributed by atoms with Gasteiger partial charge in [-0.15, -0.1) is 0 Å². The van der Waals surface area contributed by atoms with Crippen molar-refractivity contribution in [1.29, 1.82) is 0 Å². The number of halogens is 1. The highest BCUT2D eigenvalue weighted by Crippen LogP contribution is 2.23. The summed E-state index contributed by atoms with van der Waals surface area (Å²) in [6, 6.07) is 8.95. The van der Waals surface area contributed by atoms with E-state index in [9.17, 15) is 4.39 Å². The second-order valence-corrected chi connectivity index (χ2v) is 5.36. The van der Waals surface area contributed by atoms with Crippen LogP contribution < -0.4 is 10.2 Å². The molecule has 0 amide bonds. The van der Waals surface area contributed by atoms with Crippen molar-refractivity contribution in [1.82, 2.24) is 10.3 Å². The van der Waals surface area contributed by atoms with Crippen LogP contribution in [0.25, 0.3) is 0 Å². The quantitative estimate of drug-likeness (QED) is 0.915.